The molecule has 0 unspecified atom stereocenters. The number of halogens is 1. The fourth-order valence-corrected chi connectivity index (χ4v) is 2.97. The molecule has 1 fully saturated rings. The molecule has 1 saturated heterocycles. The summed E-state index contributed by atoms with van der Waals surface area (Å²) in [5, 5.41) is 16.8. The van der Waals surface area contributed by atoms with Crippen molar-refractivity contribution in [1.29, 1.82) is 0 Å². The van der Waals surface area contributed by atoms with Gasteiger partial charge in [0.15, 0.2) is 0 Å². The Kier molecular flexibility index (Phi) is 6.05. The molecule has 2 amide bonds. The molecule has 1 atom stereocenters. The van der Waals surface area contributed by atoms with Crippen LogP contribution in [0.3, 0.4) is 0 Å². The van der Waals surface area contributed by atoms with Crippen LogP contribution in [0.1, 0.15) is 6.92 Å². The molecule has 0 saturated carbocycles. The minimum Gasteiger partial charge on any atom is -0.442 e. The summed E-state index contributed by atoms with van der Waals surface area (Å²) in [5.41, 5.74) is 0.657. The van der Waals surface area contributed by atoms with E-state index in [4.69, 9.17) is 22.1 Å². The molecular formula is C17H20FN5O4S. The van der Waals surface area contributed by atoms with Gasteiger partial charge in [-0.05, 0) is 25.1 Å². The first-order valence-corrected chi connectivity index (χ1v) is 9.04. The van der Waals surface area contributed by atoms with E-state index in [1.165, 1.54) is 17.3 Å². The minimum atomic E-state index is -0.632. The van der Waals surface area contributed by atoms with Gasteiger partial charge >= 0.3 is 6.09 Å². The number of nitrogens with one attached hydrogen (secondary N) is 1. The predicted octanol–water partition coefficient (Wildman–Crippen LogP) is 0.672. The van der Waals surface area contributed by atoms with Gasteiger partial charge in [0.2, 0.25) is 0 Å². The van der Waals surface area contributed by atoms with Crippen molar-refractivity contribution in [2.75, 3.05) is 42.6 Å². The molecule has 28 heavy (non-hydrogen) atoms. The zero-order chi connectivity index (χ0) is 20.3. The molecule has 0 bridgehead atoms. The number of benzene rings is 1. The molecule has 2 aliphatic rings. The number of aliphatic hydroxyl groups excluding tert-OH is 1. The summed E-state index contributed by atoms with van der Waals surface area (Å²) in [5.74, 6) is -1.05. The van der Waals surface area contributed by atoms with E-state index in [9.17, 15) is 14.0 Å². The largest absolute Gasteiger partial charge is 0.442 e. The van der Waals surface area contributed by atoms with Gasteiger partial charge in [-0.2, -0.15) is 5.10 Å². The smallest absolute Gasteiger partial charge is 0.414 e. The molecule has 1 aromatic carbocycles. The second-order valence-corrected chi connectivity index (χ2v) is 6.90. The molecular weight excluding hydrogens is 389 g/mol. The molecule has 150 valence electrons. The highest BCUT2D eigenvalue weighted by atomic mass is 32.1. The molecule has 2 aliphatic heterocycles. The number of hydrogen-bond donors (Lipinski definition) is 2. The third-order valence-electron chi connectivity index (χ3n) is 4.31. The number of thiocarbonyl (C=S) groups is 1. The van der Waals surface area contributed by atoms with Crippen LogP contribution in [-0.4, -0.2) is 72.3 Å². The summed E-state index contributed by atoms with van der Waals surface area (Å²) >= 11 is 4.94. The number of nitrogens with zero attached hydrogens (tertiary/aromatic N) is 4. The van der Waals surface area contributed by atoms with Crippen molar-refractivity contribution in [3.05, 3.63) is 24.0 Å². The zero-order valence-electron chi connectivity index (χ0n) is 15.2. The highest BCUT2D eigenvalue weighted by Crippen LogP contribution is 2.28. The second-order valence-electron chi connectivity index (χ2n) is 6.29. The number of ether oxygens (including phenoxy) is 1. The Hall–Kier alpha value is -2.79. The number of rotatable bonds is 5. The van der Waals surface area contributed by atoms with Gasteiger partial charge in [-0.1, -0.05) is 12.2 Å². The van der Waals surface area contributed by atoms with Crippen molar-refractivity contribution in [1.82, 2.24) is 10.3 Å². The van der Waals surface area contributed by atoms with E-state index in [1.807, 2.05) is 0 Å². The average Bonchev–Trinajstić information content (AvgIpc) is 3.06. The van der Waals surface area contributed by atoms with Gasteiger partial charge in [0.05, 0.1) is 36.0 Å². The van der Waals surface area contributed by atoms with Crippen molar-refractivity contribution in [2.24, 2.45) is 5.10 Å². The van der Waals surface area contributed by atoms with Crippen molar-refractivity contribution < 1.29 is 23.8 Å². The van der Waals surface area contributed by atoms with Gasteiger partial charge < -0.3 is 20.1 Å². The fraction of sp³-hybridized carbons (Fsp3) is 0.412. The monoisotopic (exact) mass is 409 g/mol. The Morgan fingerprint density at radius 1 is 1.46 bits per heavy atom. The van der Waals surface area contributed by atoms with Crippen LogP contribution in [0.2, 0.25) is 0 Å². The predicted molar refractivity (Wildman–Crippen MR) is 105 cm³/mol. The lowest BCUT2D eigenvalue weighted by molar-refractivity contribution is -0.134. The highest BCUT2D eigenvalue weighted by molar-refractivity contribution is 7.80. The fourth-order valence-electron chi connectivity index (χ4n) is 2.89. The van der Waals surface area contributed by atoms with E-state index < -0.39 is 24.4 Å². The number of carbonyl (C=O) groups is 2. The molecule has 0 aromatic heterocycles. The number of anilines is 2. The molecule has 11 heteroatoms. The lowest BCUT2D eigenvalue weighted by Gasteiger charge is -2.28. The maximum absolute atomic E-state index is 14.7. The molecule has 0 aliphatic carbocycles. The lowest BCUT2D eigenvalue weighted by atomic mass is 10.2. The van der Waals surface area contributed by atoms with Crippen molar-refractivity contribution in [3.63, 3.8) is 0 Å². The van der Waals surface area contributed by atoms with Crippen LogP contribution in [0.5, 0.6) is 0 Å². The number of carbonyl (C=O) groups excluding carboxylic acids is 2. The van der Waals surface area contributed by atoms with Crippen LogP contribution in [0.25, 0.3) is 0 Å². The Balaban J connectivity index is 1.69. The van der Waals surface area contributed by atoms with E-state index in [1.54, 1.807) is 24.0 Å². The van der Waals surface area contributed by atoms with Crippen molar-refractivity contribution in [3.8, 4) is 0 Å². The Morgan fingerprint density at radius 3 is 2.86 bits per heavy atom. The standard InChI is InChI=1S/C17H20FN5O4S/c1-11(28)19-7-13-8-22(17(26)27-13)12-2-3-15(14(18)6-12)21-4-5-23(20-10-21)16(25)9-24/h2-3,6,10,13,24H,4-5,7-9H2,1H3,(H,19,28)/t13-/m0/s1. The first kappa shape index (κ1) is 20.0. The lowest BCUT2D eigenvalue weighted by Crippen LogP contribution is -2.42. The topological polar surface area (TPSA) is 97.7 Å². The molecule has 3 rings (SSSR count). The second kappa shape index (κ2) is 8.48. The third-order valence-corrected chi connectivity index (χ3v) is 4.46. The maximum atomic E-state index is 14.7. The molecule has 1 aromatic rings. The van der Waals surface area contributed by atoms with Crippen molar-refractivity contribution >= 4 is 46.9 Å². The van der Waals surface area contributed by atoms with Gasteiger partial charge in [-0.25, -0.2) is 14.2 Å². The Morgan fingerprint density at radius 2 is 2.25 bits per heavy atom. The first-order chi connectivity index (χ1) is 13.4. The average molecular weight is 409 g/mol. The van der Waals surface area contributed by atoms with Gasteiger partial charge in [0, 0.05) is 6.54 Å². The SMILES string of the molecule is CC(=S)NC[C@H]1CN(c2ccc(N3C=NN(C(=O)CO)CC3)c(F)c2)C(=O)O1. The van der Waals surface area contributed by atoms with Crippen molar-refractivity contribution in [2.45, 2.75) is 13.0 Å². The Labute approximate surface area is 166 Å². The van der Waals surface area contributed by atoms with Crippen LogP contribution in [0.4, 0.5) is 20.6 Å². The van der Waals surface area contributed by atoms with Gasteiger partial charge in [0.1, 0.15) is 24.9 Å². The summed E-state index contributed by atoms with van der Waals surface area (Å²) in [6, 6.07) is 4.43. The Bertz CT molecular complexity index is 821. The van der Waals surface area contributed by atoms with Crippen LogP contribution in [-0.2, 0) is 9.53 Å². The van der Waals surface area contributed by atoms with E-state index >= 15 is 0 Å². The zero-order valence-corrected chi connectivity index (χ0v) is 16.0. The number of hydrazone groups is 1. The molecule has 0 spiro atoms. The minimum absolute atomic E-state index is 0.226. The summed E-state index contributed by atoms with van der Waals surface area (Å²) in [4.78, 5) is 27.0. The van der Waals surface area contributed by atoms with Gasteiger partial charge in [0.25, 0.3) is 5.91 Å². The van der Waals surface area contributed by atoms with Crippen LogP contribution in [0, 0.1) is 5.82 Å². The quantitative estimate of drug-likeness (QED) is 0.690. The first-order valence-electron chi connectivity index (χ1n) is 8.63. The number of hydrogen-bond acceptors (Lipinski definition) is 7. The number of amides is 2. The summed E-state index contributed by atoms with van der Waals surface area (Å²) in [6.07, 6.45) is 0.408. The van der Waals surface area contributed by atoms with E-state index in [-0.39, 0.29) is 24.9 Å². The molecule has 9 nitrogen and oxygen atoms in total. The summed E-state index contributed by atoms with van der Waals surface area (Å²) in [7, 11) is 0. The van der Waals surface area contributed by atoms with E-state index in [2.05, 4.69) is 10.4 Å². The normalized spacial score (nSPS) is 19.0. The van der Waals surface area contributed by atoms with Gasteiger partial charge in [-0.15, -0.1) is 0 Å². The maximum Gasteiger partial charge on any atom is 0.414 e. The van der Waals surface area contributed by atoms with Crippen LogP contribution in [0.15, 0.2) is 23.3 Å². The van der Waals surface area contributed by atoms with Crippen LogP contribution >= 0.6 is 12.2 Å². The summed E-state index contributed by atoms with van der Waals surface area (Å²) in [6.45, 7) is 2.33. The number of cyclic esters (lactones) is 1. The summed E-state index contributed by atoms with van der Waals surface area (Å²) < 4.78 is 19.9. The molecule has 2 N–H and O–H groups in total. The molecule has 0 radical (unpaired) electrons. The van der Waals surface area contributed by atoms with Gasteiger partial charge in [-0.3, -0.25) is 9.69 Å². The van der Waals surface area contributed by atoms with E-state index in [0.29, 0.717) is 23.8 Å². The highest BCUT2D eigenvalue weighted by Gasteiger charge is 2.32. The number of aliphatic hydroxyl groups is 1. The molecule has 2 heterocycles. The third kappa shape index (κ3) is 4.37. The van der Waals surface area contributed by atoms with Crippen LogP contribution < -0.4 is 15.1 Å². The van der Waals surface area contributed by atoms with E-state index in [0.717, 1.165) is 5.01 Å².